The maximum atomic E-state index is 12.1. The zero-order chi connectivity index (χ0) is 11.5. The van der Waals surface area contributed by atoms with Crippen LogP contribution in [-0.2, 0) is 6.42 Å². The molecule has 15 heavy (non-hydrogen) atoms. The Balaban J connectivity index is 2.80. The Morgan fingerprint density at radius 3 is 2.73 bits per heavy atom. The van der Waals surface area contributed by atoms with Gasteiger partial charge in [-0.1, -0.05) is 0 Å². The number of ether oxygens (including phenoxy) is 1. The third kappa shape index (κ3) is 3.09. The average molecular weight is 221 g/mol. The van der Waals surface area contributed by atoms with Crippen LogP contribution >= 0.6 is 0 Å². The number of halogens is 3. The van der Waals surface area contributed by atoms with Gasteiger partial charge in [-0.2, -0.15) is 13.2 Å². The first-order valence-electron chi connectivity index (χ1n) is 4.18. The number of rotatable bonds is 3. The highest BCUT2D eigenvalue weighted by atomic mass is 19.4. The Bertz CT molecular complexity index is 327. The van der Waals surface area contributed by atoms with Crippen LogP contribution in [0.25, 0.3) is 0 Å². The molecule has 1 atom stereocenters. The monoisotopic (exact) mass is 221 g/mol. The Kier molecular flexibility index (Phi) is 3.52. The van der Waals surface area contributed by atoms with Crippen LogP contribution in [0.3, 0.4) is 0 Å². The van der Waals surface area contributed by atoms with Crippen LogP contribution in [0.4, 0.5) is 13.2 Å². The number of pyridine rings is 1. The van der Waals surface area contributed by atoms with Crippen molar-refractivity contribution in [1.29, 1.82) is 0 Å². The molecule has 0 fully saturated rings. The van der Waals surface area contributed by atoms with Crippen LogP contribution in [0.15, 0.2) is 18.3 Å². The van der Waals surface area contributed by atoms with Crippen LogP contribution in [-0.4, -0.2) is 29.5 Å². The number of hydrogen-bond donors (Lipinski definition) is 1. The molecule has 0 aliphatic heterocycles. The molecule has 0 aliphatic rings. The van der Waals surface area contributed by atoms with E-state index in [1.165, 1.54) is 19.4 Å². The quantitative estimate of drug-likeness (QED) is 0.842. The number of aromatic nitrogens is 1. The summed E-state index contributed by atoms with van der Waals surface area (Å²) in [6, 6.07) is 3.04. The standard InChI is InChI=1S/C9H10F3NO2/c1-15-7-3-2-4-13-6(7)5-8(14)9(10,11)12/h2-4,8,14H,5H2,1H3. The highest BCUT2D eigenvalue weighted by molar-refractivity contribution is 5.27. The van der Waals surface area contributed by atoms with E-state index in [0.717, 1.165) is 0 Å². The number of hydrogen-bond acceptors (Lipinski definition) is 3. The van der Waals surface area contributed by atoms with Gasteiger partial charge >= 0.3 is 6.18 Å². The van der Waals surface area contributed by atoms with Crippen LogP contribution in [0.2, 0.25) is 0 Å². The van der Waals surface area contributed by atoms with Gasteiger partial charge in [0.05, 0.1) is 12.8 Å². The first-order chi connectivity index (χ1) is 6.95. The molecule has 1 unspecified atom stereocenters. The van der Waals surface area contributed by atoms with Crippen LogP contribution in [0.5, 0.6) is 5.75 Å². The zero-order valence-electron chi connectivity index (χ0n) is 7.95. The van der Waals surface area contributed by atoms with E-state index < -0.39 is 18.7 Å². The number of alkyl halides is 3. The molecule has 1 aromatic rings. The van der Waals surface area contributed by atoms with Gasteiger partial charge in [0.25, 0.3) is 0 Å². The first kappa shape index (κ1) is 11.8. The molecule has 0 spiro atoms. The van der Waals surface area contributed by atoms with Gasteiger partial charge < -0.3 is 9.84 Å². The molecule has 0 saturated carbocycles. The summed E-state index contributed by atoms with van der Waals surface area (Å²) in [4.78, 5) is 3.72. The van der Waals surface area contributed by atoms with Crippen molar-refractivity contribution in [2.45, 2.75) is 18.7 Å². The van der Waals surface area contributed by atoms with Crippen molar-refractivity contribution in [2.75, 3.05) is 7.11 Å². The SMILES string of the molecule is COc1cccnc1CC(O)C(F)(F)F. The van der Waals surface area contributed by atoms with Gasteiger partial charge in [-0.05, 0) is 12.1 Å². The van der Waals surface area contributed by atoms with E-state index in [0.29, 0.717) is 0 Å². The maximum Gasteiger partial charge on any atom is 0.414 e. The van der Waals surface area contributed by atoms with E-state index in [1.807, 2.05) is 0 Å². The van der Waals surface area contributed by atoms with Gasteiger partial charge in [-0.15, -0.1) is 0 Å². The van der Waals surface area contributed by atoms with E-state index in [-0.39, 0.29) is 11.4 Å². The van der Waals surface area contributed by atoms with Crippen LogP contribution in [0, 0.1) is 0 Å². The van der Waals surface area contributed by atoms with Gasteiger partial charge in [0.1, 0.15) is 5.75 Å². The van der Waals surface area contributed by atoms with E-state index in [1.54, 1.807) is 6.07 Å². The summed E-state index contributed by atoms with van der Waals surface area (Å²) in [5.74, 6) is 0.237. The van der Waals surface area contributed by atoms with Gasteiger partial charge in [-0.25, -0.2) is 0 Å². The van der Waals surface area contributed by atoms with Gasteiger partial charge in [0, 0.05) is 12.6 Å². The Morgan fingerprint density at radius 1 is 1.53 bits per heavy atom. The first-order valence-corrected chi connectivity index (χ1v) is 4.18. The summed E-state index contributed by atoms with van der Waals surface area (Å²) in [6.07, 6.45) is -6.31. The smallest absolute Gasteiger partial charge is 0.414 e. The maximum absolute atomic E-state index is 12.1. The lowest BCUT2D eigenvalue weighted by Crippen LogP contribution is -2.30. The third-order valence-corrected chi connectivity index (χ3v) is 1.83. The predicted molar refractivity (Wildman–Crippen MR) is 46.6 cm³/mol. The average Bonchev–Trinajstić information content (AvgIpc) is 2.17. The summed E-state index contributed by atoms with van der Waals surface area (Å²) >= 11 is 0. The third-order valence-electron chi connectivity index (χ3n) is 1.83. The van der Waals surface area contributed by atoms with Crippen molar-refractivity contribution in [1.82, 2.24) is 4.98 Å². The minimum absolute atomic E-state index is 0.0878. The van der Waals surface area contributed by atoms with Gasteiger partial charge in [0.2, 0.25) is 0 Å². The molecular weight excluding hydrogens is 211 g/mol. The Hall–Kier alpha value is -1.30. The second-order valence-corrected chi connectivity index (χ2v) is 2.91. The van der Waals surface area contributed by atoms with Crippen molar-refractivity contribution in [3.05, 3.63) is 24.0 Å². The number of aliphatic hydroxyl groups excluding tert-OH is 1. The van der Waals surface area contributed by atoms with E-state index in [4.69, 9.17) is 9.84 Å². The van der Waals surface area contributed by atoms with Crippen LogP contribution in [0.1, 0.15) is 5.69 Å². The van der Waals surface area contributed by atoms with Crippen molar-refractivity contribution in [3.8, 4) is 5.75 Å². The molecule has 0 saturated heterocycles. The lowest BCUT2D eigenvalue weighted by molar-refractivity contribution is -0.203. The fourth-order valence-corrected chi connectivity index (χ4v) is 1.06. The molecule has 1 rings (SSSR count). The molecular formula is C9H10F3NO2. The summed E-state index contributed by atoms with van der Waals surface area (Å²) in [6.45, 7) is 0. The van der Waals surface area contributed by atoms with Crippen molar-refractivity contribution in [3.63, 3.8) is 0 Å². The summed E-state index contributed by atoms with van der Waals surface area (Å²) in [7, 11) is 1.33. The molecule has 0 aliphatic carbocycles. The second kappa shape index (κ2) is 4.48. The molecule has 0 aromatic carbocycles. The van der Waals surface area contributed by atoms with E-state index in [9.17, 15) is 13.2 Å². The van der Waals surface area contributed by atoms with Crippen molar-refractivity contribution in [2.24, 2.45) is 0 Å². The lowest BCUT2D eigenvalue weighted by atomic mass is 10.1. The Labute approximate surface area is 84.5 Å². The van der Waals surface area contributed by atoms with Gasteiger partial charge in [-0.3, -0.25) is 4.98 Å². The fourth-order valence-electron chi connectivity index (χ4n) is 1.06. The summed E-state index contributed by atoms with van der Waals surface area (Å²) in [5.41, 5.74) is 0.0878. The number of nitrogens with zero attached hydrogens (tertiary/aromatic N) is 1. The Morgan fingerprint density at radius 2 is 2.20 bits per heavy atom. The zero-order valence-corrected chi connectivity index (χ0v) is 7.95. The molecule has 1 heterocycles. The largest absolute Gasteiger partial charge is 0.495 e. The summed E-state index contributed by atoms with van der Waals surface area (Å²) in [5, 5.41) is 8.84. The normalized spacial score (nSPS) is 13.7. The highest BCUT2D eigenvalue weighted by Crippen LogP contribution is 2.25. The number of methoxy groups -OCH3 is 1. The molecule has 3 nitrogen and oxygen atoms in total. The molecule has 84 valence electrons. The van der Waals surface area contributed by atoms with E-state index >= 15 is 0 Å². The predicted octanol–water partition coefficient (Wildman–Crippen LogP) is 1.56. The lowest BCUT2D eigenvalue weighted by Gasteiger charge is -2.15. The van der Waals surface area contributed by atoms with E-state index in [2.05, 4.69) is 4.98 Å². The van der Waals surface area contributed by atoms with Crippen molar-refractivity contribution >= 4 is 0 Å². The minimum atomic E-state index is -4.64. The topological polar surface area (TPSA) is 42.4 Å². The van der Waals surface area contributed by atoms with Crippen molar-refractivity contribution < 1.29 is 23.0 Å². The highest BCUT2D eigenvalue weighted by Gasteiger charge is 2.38. The number of aliphatic hydroxyl groups is 1. The van der Waals surface area contributed by atoms with Crippen LogP contribution < -0.4 is 4.74 Å². The second-order valence-electron chi connectivity index (χ2n) is 2.91. The summed E-state index contributed by atoms with van der Waals surface area (Å²) < 4.78 is 41.0. The molecule has 0 radical (unpaired) electrons. The molecule has 1 N–H and O–H groups in total. The molecule has 1 aromatic heterocycles. The molecule has 0 amide bonds. The van der Waals surface area contributed by atoms with Gasteiger partial charge in [0.15, 0.2) is 6.10 Å². The fraction of sp³-hybridized carbons (Fsp3) is 0.444. The minimum Gasteiger partial charge on any atom is -0.495 e. The molecule has 0 bridgehead atoms. The molecule has 6 heteroatoms.